The number of carbonyl (C=O) groups excluding carboxylic acids is 1. The van der Waals surface area contributed by atoms with E-state index in [1.165, 1.54) is 6.08 Å². The molecule has 0 unspecified atom stereocenters. The summed E-state index contributed by atoms with van der Waals surface area (Å²) in [6.07, 6.45) is 3.04. The molecule has 11 nitrogen and oxygen atoms in total. The third kappa shape index (κ3) is 6.74. The van der Waals surface area contributed by atoms with E-state index in [9.17, 15) is 4.79 Å². The number of benzene rings is 1. The highest BCUT2D eigenvalue weighted by atomic mass is 16.5. The Bertz CT molecular complexity index is 1020. The first-order valence-electron chi connectivity index (χ1n) is 11.5. The van der Waals surface area contributed by atoms with Crippen molar-refractivity contribution in [3.8, 4) is 5.75 Å². The van der Waals surface area contributed by atoms with E-state index >= 15 is 0 Å². The fraction of sp³-hybridized carbons (Fsp3) is 0.458. The van der Waals surface area contributed by atoms with E-state index in [1.807, 2.05) is 40.3 Å². The third-order valence-corrected chi connectivity index (χ3v) is 5.66. The molecule has 0 spiro atoms. The molecular formula is C24H36N8O3. The number of ether oxygens (including phenoxy) is 2. The van der Waals surface area contributed by atoms with Crippen molar-refractivity contribution in [3.63, 3.8) is 0 Å². The maximum Gasteiger partial charge on any atom is 0.247 e. The number of hydrogen-bond donors (Lipinski definition) is 3. The summed E-state index contributed by atoms with van der Waals surface area (Å²) < 4.78 is 11.1. The van der Waals surface area contributed by atoms with Crippen LogP contribution >= 0.6 is 0 Å². The van der Waals surface area contributed by atoms with E-state index in [4.69, 9.17) is 9.47 Å². The second kappa shape index (κ2) is 12.2. The standard InChI is InChI=1S/C24H36N8O3/c1-7-22(33)27-17-14-18(21(34-6)15-19(17)31(5)9-8-30(3)4)28-24-26-16-20(23(25-2)29-24)32-10-12-35-13-11-32/h7,14-16H,1,8-13H2,2-6H3,(H,27,33)(H2,25,26,28,29). The van der Waals surface area contributed by atoms with Gasteiger partial charge < -0.3 is 40.1 Å². The normalized spacial score (nSPS) is 13.4. The summed E-state index contributed by atoms with van der Waals surface area (Å²) >= 11 is 0. The van der Waals surface area contributed by atoms with E-state index in [-0.39, 0.29) is 5.91 Å². The molecule has 0 radical (unpaired) electrons. The molecule has 3 N–H and O–H groups in total. The van der Waals surface area contributed by atoms with Crippen LogP contribution in [0, 0.1) is 0 Å². The highest BCUT2D eigenvalue weighted by molar-refractivity contribution is 6.02. The molecule has 0 aliphatic carbocycles. The van der Waals surface area contributed by atoms with Crippen LogP contribution in [0.15, 0.2) is 31.0 Å². The van der Waals surface area contributed by atoms with Crippen LogP contribution in [0.4, 0.5) is 34.5 Å². The van der Waals surface area contributed by atoms with Crippen molar-refractivity contribution in [2.45, 2.75) is 0 Å². The summed E-state index contributed by atoms with van der Waals surface area (Å²) in [6.45, 7) is 8.10. The minimum atomic E-state index is -0.299. The predicted molar refractivity (Wildman–Crippen MR) is 142 cm³/mol. The van der Waals surface area contributed by atoms with Gasteiger partial charge in [-0.3, -0.25) is 4.79 Å². The molecule has 1 amide bonds. The van der Waals surface area contributed by atoms with Crippen LogP contribution in [-0.2, 0) is 9.53 Å². The lowest BCUT2D eigenvalue weighted by Crippen LogP contribution is -2.36. The van der Waals surface area contributed by atoms with Crippen LogP contribution in [0.1, 0.15) is 0 Å². The molecule has 11 heteroatoms. The number of nitrogens with zero attached hydrogens (tertiary/aromatic N) is 5. The van der Waals surface area contributed by atoms with Gasteiger partial charge in [-0.05, 0) is 26.2 Å². The van der Waals surface area contributed by atoms with Gasteiger partial charge in [0, 0.05) is 46.3 Å². The Labute approximate surface area is 207 Å². The maximum absolute atomic E-state index is 12.2. The lowest BCUT2D eigenvalue weighted by molar-refractivity contribution is -0.111. The number of aromatic nitrogens is 2. The Hall–Kier alpha value is -3.57. The molecule has 1 aromatic heterocycles. The lowest BCUT2D eigenvalue weighted by atomic mass is 10.2. The number of hydrogen-bond acceptors (Lipinski definition) is 10. The Balaban J connectivity index is 1.93. The van der Waals surface area contributed by atoms with Gasteiger partial charge in [-0.1, -0.05) is 6.58 Å². The first-order valence-corrected chi connectivity index (χ1v) is 11.5. The van der Waals surface area contributed by atoms with Gasteiger partial charge in [0.1, 0.15) is 5.75 Å². The van der Waals surface area contributed by atoms with Gasteiger partial charge in [0.15, 0.2) is 5.82 Å². The number of methoxy groups -OCH3 is 1. The smallest absolute Gasteiger partial charge is 0.247 e. The summed E-state index contributed by atoms with van der Waals surface area (Å²) in [7, 11) is 9.45. The molecule has 190 valence electrons. The van der Waals surface area contributed by atoms with Crippen LogP contribution in [0.5, 0.6) is 5.75 Å². The van der Waals surface area contributed by atoms with Crippen molar-refractivity contribution in [2.24, 2.45) is 0 Å². The van der Waals surface area contributed by atoms with Gasteiger partial charge in [0.05, 0.1) is 49.3 Å². The Morgan fingerprint density at radius 1 is 1.23 bits per heavy atom. The average molecular weight is 485 g/mol. The van der Waals surface area contributed by atoms with Gasteiger partial charge in [0.2, 0.25) is 11.9 Å². The number of carbonyl (C=O) groups is 1. The van der Waals surface area contributed by atoms with E-state index in [0.29, 0.717) is 42.1 Å². The minimum Gasteiger partial charge on any atom is -0.494 e. The molecule has 1 aliphatic rings. The molecule has 1 aliphatic heterocycles. The highest BCUT2D eigenvalue weighted by Crippen LogP contribution is 2.38. The summed E-state index contributed by atoms with van der Waals surface area (Å²) in [5.41, 5.74) is 2.99. The van der Waals surface area contributed by atoms with Crippen LogP contribution in [0.3, 0.4) is 0 Å². The van der Waals surface area contributed by atoms with Gasteiger partial charge in [0.25, 0.3) is 0 Å². The number of likely N-dealkylation sites (N-methyl/N-ethyl adjacent to an activating group) is 2. The van der Waals surface area contributed by atoms with E-state index in [2.05, 4.69) is 47.2 Å². The molecule has 0 bridgehead atoms. The molecule has 2 aromatic rings. The van der Waals surface area contributed by atoms with Crippen molar-refractivity contribution < 1.29 is 14.3 Å². The van der Waals surface area contributed by atoms with Gasteiger partial charge in [-0.15, -0.1) is 0 Å². The second-order valence-corrected chi connectivity index (χ2v) is 8.39. The molecule has 1 saturated heterocycles. The first kappa shape index (κ1) is 26.0. The molecular weight excluding hydrogens is 448 g/mol. The summed E-state index contributed by atoms with van der Waals surface area (Å²) in [4.78, 5) is 27.7. The molecule has 35 heavy (non-hydrogen) atoms. The van der Waals surface area contributed by atoms with Crippen molar-refractivity contribution >= 4 is 40.4 Å². The monoisotopic (exact) mass is 484 g/mol. The van der Waals surface area contributed by atoms with Crippen LogP contribution in [-0.4, -0.2) is 95.5 Å². The summed E-state index contributed by atoms with van der Waals surface area (Å²) in [6, 6.07) is 3.71. The number of rotatable bonds is 11. The minimum absolute atomic E-state index is 0.299. The highest BCUT2D eigenvalue weighted by Gasteiger charge is 2.19. The second-order valence-electron chi connectivity index (χ2n) is 8.39. The Morgan fingerprint density at radius 3 is 2.60 bits per heavy atom. The average Bonchev–Trinajstić information content (AvgIpc) is 2.87. The van der Waals surface area contributed by atoms with Gasteiger partial charge in [-0.2, -0.15) is 4.98 Å². The SMILES string of the molecule is C=CC(=O)Nc1cc(Nc2ncc(N3CCOCC3)c(NC)n2)c(OC)cc1N(C)CCN(C)C. The van der Waals surface area contributed by atoms with Crippen molar-refractivity contribution in [1.29, 1.82) is 0 Å². The molecule has 0 saturated carbocycles. The summed E-state index contributed by atoms with van der Waals surface area (Å²) in [5, 5.41) is 9.30. The van der Waals surface area contributed by atoms with Crippen molar-refractivity contribution in [1.82, 2.24) is 14.9 Å². The van der Waals surface area contributed by atoms with E-state index in [1.54, 1.807) is 13.3 Å². The van der Waals surface area contributed by atoms with Crippen LogP contribution in [0.2, 0.25) is 0 Å². The largest absolute Gasteiger partial charge is 0.494 e. The molecule has 3 rings (SSSR count). The zero-order valence-electron chi connectivity index (χ0n) is 21.2. The van der Waals surface area contributed by atoms with Crippen molar-refractivity contribution in [3.05, 3.63) is 31.0 Å². The summed E-state index contributed by atoms with van der Waals surface area (Å²) in [5.74, 6) is 1.41. The van der Waals surface area contributed by atoms with Gasteiger partial charge in [-0.25, -0.2) is 4.98 Å². The molecule has 0 atom stereocenters. The maximum atomic E-state index is 12.2. The number of anilines is 6. The zero-order chi connectivity index (χ0) is 25.4. The molecule has 1 aromatic carbocycles. The van der Waals surface area contributed by atoms with Gasteiger partial charge >= 0.3 is 0 Å². The molecule has 2 heterocycles. The topological polar surface area (TPSA) is 107 Å². The predicted octanol–water partition coefficient (Wildman–Crippen LogP) is 2.23. The van der Waals surface area contributed by atoms with Crippen LogP contribution < -0.4 is 30.5 Å². The number of morpholine rings is 1. The Morgan fingerprint density at radius 2 is 1.97 bits per heavy atom. The van der Waals surface area contributed by atoms with E-state index in [0.717, 1.165) is 37.6 Å². The number of amides is 1. The first-order chi connectivity index (χ1) is 16.9. The third-order valence-electron chi connectivity index (χ3n) is 5.66. The Kier molecular flexibility index (Phi) is 9.10. The molecule has 1 fully saturated rings. The zero-order valence-corrected chi connectivity index (χ0v) is 21.2. The quantitative estimate of drug-likeness (QED) is 0.411. The van der Waals surface area contributed by atoms with E-state index < -0.39 is 0 Å². The number of nitrogens with one attached hydrogen (secondary N) is 3. The fourth-order valence-corrected chi connectivity index (χ4v) is 3.68. The lowest BCUT2D eigenvalue weighted by Gasteiger charge is -2.29. The fourth-order valence-electron chi connectivity index (χ4n) is 3.68. The van der Waals surface area contributed by atoms with Crippen molar-refractivity contribution in [2.75, 3.05) is 100 Å². The van der Waals surface area contributed by atoms with Crippen LogP contribution in [0.25, 0.3) is 0 Å².